The molecule has 2 aromatic carbocycles. The van der Waals surface area contributed by atoms with E-state index in [-0.39, 0.29) is 12.1 Å². The van der Waals surface area contributed by atoms with Gasteiger partial charge in [-0.15, -0.1) is 0 Å². The van der Waals surface area contributed by atoms with Gasteiger partial charge in [0, 0.05) is 17.5 Å². The Morgan fingerprint density at radius 1 is 1.16 bits per heavy atom. The maximum absolute atomic E-state index is 13.8. The van der Waals surface area contributed by atoms with Crippen LogP contribution in [0.15, 0.2) is 42.7 Å². The summed E-state index contributed by atoms with van der Waals surface area (Å²) in [7, 11) is 3.09. The Kier molecular flexibility index (Phi) is 4.95. The fraction of sp³-hybridized carbons (Fsp3) is 0.222. The number of ether oxygens (including phenoxy) is 2. The van der Waals surface area contributed by atoms with Gasteiger partial charge in [0.15, 0.2) is 0 Å². The number of methoxy groups -OCH3 is 2. The summed E-state index contributed by atoms with van der Waals surface area (Å²) in [6.45, 7) is 0.159. The van der Waals surface area contributed by atoms with Crippen molar-refractivity contribution in [2.24, 2.45) is 0 Å². The zero-order valence-corrected chi connectivity index (χ0v) is 13.9. The first-order valence-corrected chi connectivity index (χ1v) is 7.67. The van der Waals surface area contributed by atoms with Crippen LogP contribution < -0.4 is 14.8 Å². The fourth-order valence-corrected chi connectivity index (χ4v) is 2.60. The first-order chi connectivity index (χ1) is 12.1. The van der Waals surface area contributed by atoms with Crippen LogP contribution in [0.2, 0.25) is 0 Å². The van der Waals surface area contributed by atoms with Crippen LogP contribution in [0.1, 0.15) is 11.7 Å². The number of para-hydroxylation sites is 1. The van der Waals surface area contributed by atoms with Crippen molar-refractivity contribution in [2.45, 2.75) is 6.10 Å². The average molecular weight is 343 g/mol. The van der Waals surface area contributed by atoms with Gasteiger partial charge in [-0.1, -0.05) is 6.07 Å². The van der Waals surface area contributed by atoms with Crippen LogP contribution in [-0.4, -0.2) is 35.8 Å². The molecule has 1 atom stereocenters. The van der Waals surface area contributed by atoms with Gasteiger partial charge in [0.2, 0.25) is 0 Å². The van der Waals surface area contributed by atoms with E-state index in [9.17, 15) is 9.50 Å². The first kappa shape index (κ1) is 16.9. The van der Waals surface area contributed by atoms with Crippen molar-refractivity contribution in [3.05, 3.63) is 54.1 Å². The molecule has 1 heterocycles. The van der Waals surface area contributed by atoms with Gasteiger partial charge in [0.1, 0.15) is 35.0 Å². The molecule has 1 aromatic heterocycles. The van der Waals surface area contributed by atoms with Gasteiger partial charge in [-0.05, 0) is 30.3 Å². The quantitative estimate of drug-likeness (QED) is 0.717. The fourth-order valence-electron chi connectivity index (χ4n) is 2.60. The molecule has 1 unspecified atom stereocenters. The van der Waals surface area contributed by atoms with Crippen molar-refractivity contribution in [3.8, 4) is 11.5 Å². The highest BCUT2D eigenvalue weighted by atomic mass is 19.1. The van der Waals surface area contributed by atoms with Crippen LogP contribution in [0.4, 0.5) is 10.2 Å². The van der Waals surface area contributed by atoms with Crippen LogP contribution in [0, 0.1) is 5.82 Å². The predicted octanol–water partition coefficient (Wildman–Crippen LogP) is 2.93. The van der Waals surface area contributed by atoms with E-state index in [1.165, 1.54) is 19.5 Å². The molecule has 0 saturated carbocycles. The summed E-state index contributed by atoms with van der Waals surface area (Å²) in [6, 6.07) is 9.85. The van der Waals surface area contributed by atoms with Gasteiger partial charge in [-0.2, -0.15) is 0 Å². The van der Waals surface area contributed by atoms with Gasteiger partial charge in [-0.3, -0.25) is 0 Å². The molecule has 130 valence electrons. The molecule has 7 heteroatoms. The molecule has 0 radical (unpaired) electrons. The van der Waals surface area contributed by atoms with E-state index in [1.54, 1.807) is 37.4 Å². The molecule has 3 aromatic rings. The lowest BCUT2D eigenvalue weighted by Gasteiger charge is -2.17. The summed E-state index contributed by atoms with van der Waals surface area (Å²) in [5.74, 6) is 1.20. The lowest BCUT2D eigenvalue weighted by atomic mass is 10.1. The second-order valence-electron chi connectivity index (χ2n) is 5.36. The Morgan fingerprint density at radius 2 is 2.00 bits per heavy atom. The number of rotatable bonds is 6. The van der Waals surface area contributed by atoms with E-state index in [2.05, 4.69) is 15.3 Å². The van der Waals surface area contributed by atoms with Crippen molar-refractivity contribution in [1.29, 1.82) is 0 Å². The number of halogens is 1. The van der Waals surface area contributed by atoms with Crippen LogP contribution >= 0.6 is 0 Å². The number of benzene rings is 2. The van der Waals surface area contributed by atoms with Gasteiger partial charge >= 0.3 is 0 Å². The zero-order valence-electron chi connectivity index (χ0n) is 13.9. The van der Waals surface area contributed by atoms with E-state index in [0.717, 1.165) is 0 Å². The molecule has 3 rings (SSSR count). The Balaban J connectivity index is 1.84. The minimum Gasteiger partial charge on any atom is -0.497 e. The molecule has 0 aliphatic heterocycles. The third kappa shape index (κ3) is 3.46. The van der Waals surface area contributed by atoms with Crippen molar-refractivity contribution < 1.29 is 19.0 Å². The summed E-state index contributed by atoms with van der Waals surface area (Å²) in [6.07, 6.45) is 0.412. The van der Waals surface area contributed by atoms with Gasteiger partial charge in [-0.25, -0.2) is 14.4 Å². The SMILES string of the molecule is COc1ccc(OC)c(C(O)CNc2ncnc3c(F)cccc23)c1. The third-order valence-electron chi connectivity index (χ3n) is 3.87. The molecule has 25 heavy (non-hydrogen) atoms. The lowest BCUT2D eigenvalue weighted by molar-refractivity contribution is 0.186. The molecule has 0 saturated heterocycles. The molecule has 0 fully saturated rings. The summed E-state index contributed by atoms with van der Waals surface area (Å²) >= 11 is 0. The molecule has 0 spiro atoms. The number of aromatic nitrogens is 2. The van der Waals surface area contributed by atoms with Crippen molar-refractivity contribution in [3.63, 3.8) is 0 Å². The van der Waals surface area contributed by atoms with E-state index in [4.69, 9.17) is 9.47 Å². The normalized spacial score (nSPS) is 12.0. The van der Waals surface area contributed by atoms with Crippen LogP contribution in [-0.2, 0) is 0 Å². The molecular formula is C18H18FN3O3. The molecule has 0 bridgehead atoms. The Bertz CT molecular complexity index is 889. The van der Waals surface area contributed by atoms with Gasteiger partial charge in [0.25, 0.3) is 0 Å². The van der Waals surface area contributed by atoms with Crippen LogP contribution in [0.3, 0.4) is 0 Å². The summed E-state index contributed by atoms with van der Waals surface area (Å²) in [4.78, 5) is 8.09. The number of anilines is 1. The number of hydrogen-bond acceptors (Lipinski definition) is 6. The molecule has 0 aliphatic carbocycles. The van der Waals surface area contributed by atoms with Crippen LogP contribution in [0.5, 0.6) is 11.5 Å². The predicted molar refractivity (Wildman–Crippen MR) is 92.5 cm³/mol. The topological polar surface area (TPSA) is 76.5 Å². The Hall–Kier alpha value is -2.93. The van der Waals surface area contributed by atoms with Gasteiger partial charge in [0.05, 0.1) is 20.3 Å². The molecule has 2 N–H and O–H groups in total. The third-order valence-corrected chi connectivity index (χ3v) is 3.87. The number of aliphatic hydroxyl groups excluding tert-OH is 1. The Labute approximate surface area is 144 Å². The first-order valence-electron chi connectivity index (χ1n) is 7.67. The highest BCUT2D eigenvalue weighted by Crippen LogP contribution is 2.30. The van der Waals surface area contributed by atoms with E-state index >= 15 is 0 Å². The number of fused-ring (bicyclic) bond motifs is 1. The number of nitrogens with one attached hydrogen (secondary N) is 1. The smallest absolute Gasteiger partial charge is 0.149 e. The summed E-state index contributed by atoms with van der Waals surface area (Å²) in [5, 5.41) is 14.1. The minimum absolute atomic E-state index is 0.159. The van der Waals surface area contributed by atoms with Crippen molar-refractivity contribution in [1.82, 2.24) is 9.97 Å². The lowest BCUT2D eigenvalue weighted by Crippen LogP contribution is -2.14. The van der Waals surface area contributed by atoms with E-state index < -0.39 is 11.9 Å². The number of nitrogens with zero attached hydrogens (tertiary/aromatic N) is 2. The highest BCUT2D eigenvalue weighted by molar-refractivity contribution is 5.89. The second kappa shape index (κ2) is 7.31. The van der Waals surface area contributed by atoms with E-state index in [0.29, 0.717) is 28.3 Å². The zero-order chi connectivity index (χ0) is 17.8. The monoisotopic (exact) mass is 343 g/mol. The molecular weight excluding hydrogens is 325 g/mol. The number of hydrogen-bond donors (Lipinski definition) is 2. The highest BCUT2D eigenvalue weighted by Gasteiger charge is 2.16. The number of aliphatic hydroxyl groups is 1. The largest absolute Gasteiger partial charge is 0.497 e. The molecule has 0 amide bonds. The maximum Gasteiger partial charge on any atom is 0.149 e. The van der Waals surface area contributed by atoms with Gasteiger partial charge < -0.3 is 19.9 Å². The van der Waals surface area contributed by atoms with Crippen molar-refractivity contribution in [2.75, 3.05) is 26.1 Å². The van der Waals surface area contributed by atoms with Crippen LogP contribution in [0.25, 0.3) is 10.9 Å². The average Bonchev–Trinajstić information content (AvgIpc) is 2.66. The second-order valence-corrected chi connectivity index (χ2v) is 5.36. The van der Waals surface area contributed by atoms with Crippen molar-refractivity contribution >= 4 is 16.7 Å². The minimum atomic E-state index is -0.872. The molecule has 6 nitrogen and oxygen atoms in total. The molecule has 0 aliphatic rings. The standard InChI is InChI=1S/C18H18FN3O3/c1-24-11-6-7-16(25-2)13(8-11)15(23)9-20-18-12-4-3-5-14(19)17(12)21-10-22-18/h3-8,10,15,23H,9H2,1-2H3,(H,20,21,22). The summed E-state index contributed by atoms with van der Waals surface area (Å²) in [5.41, 5.74) is 0.812. The maximum atomic E-state index is 13.8. The summed E-state index contributed by atoms with van der Waals surface area (Å²) < 4.78 is 24.3. The van der Waals surface area contributed by atoms with E-state index in [1.807, 2.05) is 0 Å². The Morgan fingerprint density at radius 3 is 2.76 bits per heavy atom.